The monoisotopic (exact) mass is 286 g/mol. The molecule has 1 aromatic rings. The van der Waals surface area contributed by atoms with Crippen molar-refractivity contribution in [1.29, 1.82) is 0 Å². The number of hydrogen-bond acceptors (Lipinski definition) is 2. The van der Waals surface area contributed by atoms with Crippen LogP contribution in [0.25, 0.3) is 0 Å². The zero-order valence-electron chi connectivity index (χ0n) is 10.3. The minimum absolute atomic E-state index is 0.0375. The first kappa shape index (κ1) is 15.2. The third kappa shape index (κ3) is 4.43. The van der Waals surface area contributed by atoms with Crippen LogP contribution in [0.15, 0.2) is 18.2 Å². The van der Waals surface area contributed by atoms with Gasteiger partial charge in [0.15, 0.2) is 5.78 Å². The summed E-state index contributed by atoms with van der Waals surface area (Å²) in [6, 6.07) is 4.86. The van der Waals surface area contributed by atoms with E-state index in [1.807, 2.05) is 0 Å². The Balaban J connectivity index is 2.60. The zero-order chi connectivity index (χ0) is 13.5. The van der Waals surface area contributed by atoms with Crippen LogP contribution < -0.4 is 0 Å². The minimum Gasteiger partial charge on any atom is -0.299 e. The SMILES string of the molecule is CCCCCC(=O)CC(=O)c1cccc(Cl)c1Cl. The second-order valence-corrected chi connectivity index (χ2v) is 4.98. The summed E-state index contributed by atoms with van der Waals surface area (Å²) >= 11 is 11.8. The molecule has 0 bridgehead atoms. The first-order valence-electron chi connectivity index (χ1n) is 6.05. The van der Waals surface area contributed by atoms with Crippen molar-refractivity contribution in [2.24, 2.45) is 0 Å². The maximum Gasteiger partial charge on any atom is 0.171 e. The van der Waals surface area contributed by atoms with E-state index in [0.717, 1.165) is 19.3 Å². The van der Waals surface area contributed by atoms with Gasteiger partial charge in [0, 0.05) is 12.0 Å². The fourth-order valence-electron chi connectivity index (χ4n) is 1.65. The molecule has 0 spiro atoms. The van der Waals surface area contributed by atoms with Gasteiger partial charge in [0.1, 0.15) is 5.78 Å². The van der Waals surface area contributed by atoms with E-state index in [2.05, 4.69) is 6.92 Å². The Morgan fingerprint density at radius 2 is 1.89 bits per heavy atom. The average Bonchev–Trinajstić information content (AvgIpc) is 2.32. The molecule has 0 atom stereocenters. The lowest BCUT2D eigenvalue weighted by molar-refractivity contribution is -0.118. The Labute approximate surface area is 117 Å². The Bertz CT molecular complexity index is 441. The molecular weight excluding hydrogens is 271 g/mol. The summed E-state index contributed by atoms with van der Waals surface area (Å²) in [6.07, 6.45) is 3.27. The Kier molecular flexibility index (Phi) is 6.37. The Hall–Kier alpha value is -0.860. The van der Waals surface area contributed by atoms with Crippen LogP contribution in [-0.2, 0) is 4.79 Å². The summed E-state index contributed by atoms with van der Waals surface area (Å²) in [6.45, 7) is 2.07. The predicted molar refractivity (Wildman–Crippen MR) is 74.6 cm³/mol. The van der Waals surface area contributed by atoms with Crippen LogP contribution in [0.1, 0.15) is 49.4 Å². The standard InChI is InChI=1S/C14H16Cl2O2/c1-2-3-4-6-10(17)9-13(18)11-7-5-8-12(15)14(11)16/h5,7-8H,2-4,6,9H2,1H3. The number of unbranched alkanes of at least 4 members (excludes halogenated alkanes) is 2. The second kappa shape index (κ2) is 7.55. The van der Waals surface area contributed by atoms with Gasteiger partial charge in [-0.2, -0.15) is 0 Å². The normalized spacial score (nSPS) is 10.4. The van der Waals surface area contributed by atoms with Crippen LogP contribution in [0.4, 0.5) is 0 Å². The molecule has 0 aromatic heterocycles. The van der Waals surface area contributed by atoms with Crippen molar-refractivity contribution in [2.45, 2.75) is 39.0 Å². The molecule has 98 valence electrons. The predicted octanol–water partition coefficient (Wildman–Crippen LogP) is 4.72. The zero-order valence-corrected chi connectivity index (χ0v) is 11.9. The van der Waals surface area contributed by atoms with Gasteiger partial charge in [-0.1, -0.05) is 49.0 Å². The van der Waals surface area contributed by atoms with Crippen LogP contribution in [-0.4, -0.2) is 11.6 Å². The molecule has 0 radical (unpaired) electrons. The number of benzene rings is 1. The molecule has 0 heterocycles. The van der Waals surface area contributed by atoms with E-state index in [1.165, 1.54) is 0 Å². The van der Waals surface area contributed by atoms with Gasteiger partial charge >= 0.3 is 0 Å². The summed E-state index contributed by atoms with van der Waals surface area (Å²) in [7, 11) is 0. The molecule has 0 saturated heterocycles. The van der Waals surface area contributed by atoms with Gasteiger partial charge < -0.3 is 0 Å². The van der Waals surface area contributed by atoms with Crippen molar-refractivity contribution in [1.82, 2.24) is 0 Å². The lowest BCUT2D eigenvalue weighted by atomic mass is 10.0. The highest BCUT2D eigenvalue weighted by atomic mass is 35.5. The largest absolute Gasteiger partial charge is 0.299 e. The maximum absolute atomic E-state index is 11.9. The lowest BCUT2D eigenvalue weighted by Gasteiger charge is -2.04. The molecule has 0 aliphatic rings. The smallest absolute Gasteiger partial charge is 0.171 e. The number of carbonyl (C=O) groups is 2. The van der Waals surface area contributed by atoms with Gasteiger partial charge in [0.25, 0.3) is 0 Å². The summed E-state index contributed by atoms with van der Waals surface area (Å²) < 4.78 is 0. The maximum atomic E-state index is 11.9. The molecule has 0 unspecified atom stereocenters. The van der Waals surface area contributed by atoms with Gasteiger partial charge in [0.2, 0.25) is 0 Å². The third-order valence-corrected chi connectivity index (χ3v) is 3.49. The van der Waals surface area contributed by atoms with Gasteiger partial charge in [0.05, 0.1) is 16.5 Å². The quantitative estimate of drug-likeness (QED) is 0.413. The molecule has 0 amide bonds. The van der Waals surface area contributed by atoms with E-state index in [4.69, 9.17) is 23.2 Å². The van der Waals surface area contributed by atoms with E-state index in [1.54, 1.807) is 18.2 Å². The summed E-state index contributed by atoms with van der Waals surface area (Å²) in [5.74, 6) is -0.298. The molecular formula is C14H16Cl2O2. The van der Waals surface area contributed by atoms with Crippen molar-refractivity contribution >= 4 is 34.8 Å². The topological polar surface area (TPSA) is 34.1 Å². The first-order chi connectivity index (χ1) is 8.56. The Morgan fingerprint density at radius 3 is 2.56 bits per heavy atom. The van der Waals surface area contributed by atoms with E-state index < -0.39 is 0 Å². The summed E-state index contributed by atoms with van der Waals surface area (Å²) in [5.41, 5.74) is 0.327. The van der Waals surface area contributed by atoms with Crippen molar-refractivity contribution in [2.75, 3.05) is 0 Å². The molecule has 0 N–H and O–H groups in total. The van der Waals surface area contributed by atoms with Crippen molar-refractivity contribution < 1.29 is 9.59 Å². The number of ketones is 2. The molecule has 0 saturated carbocycles. The van der Waals surface area contributed by atoms with E-state index in [9.17, 15) is 9.59 Å². The van der Waals surface area contributed by atoms with Crippen molar-refractivity contribution in [3.05, 3.63) is 33.8 Å². The lowest BCUT2D eigenvalue weighted by Crippen LogP contribution is -2.08. The van der Waals surface area contributed by atoms with Crippen molar-refractivity contribution in [3.63, 3.8) is 0 Å². The van der Waals surface area contributed by atoms with Gasteiger partial charge in [-0.15, -0.1) is 0 Å². The van der Waals surface area contributed by atoms with Gasteiger partial charge in [-0.05, 0) is 18.6 Å². The number of rotatable bonds is 7. The van der Waals surface area contributed by atoms with Crippen LogP contribution in [0.5, 0.6) is 0 Å². The number of halogens is 2. The molecule has 1 rings (SSSR count). The summed E-state index contributed by atoms with van der Waals surface area (Å²) in [4.78, 5) is 23.5. The molecule has 1 aromatic carbocycles. The third-order valence-electron chi connectivity index (χ3n) is 2.67. The first-order valence-corrected chi connectivity index (χ1v) is 6.80. The second-order valence-electron chi connectivity index (χ2n) is 4.20. The summed E-state index contributed by atoms with van der Waals surface area (Å²) in [5, 5.41) is 0.562. The fraction of sp³-hybridized carbons (Fsp3) is 0.429. The van der Waals surface area contributed by atoms with Crippen molar-refractivity contribution in [3.8, 4) is 0 Å². The van der Waals surface area contributed by atoms with E-state index >= 15 is 0 Å². The van der Waals surface area contributed by atoms with Crippen LogP contribution in [0.3, 0.4) is 0 Å². The molecule has 18 heavy (non-hydrogen) atoms. The highest BCUT2D eigenvalue weighted by Crippen LogP contribution is 2.26. The number of Topliss-reactive ketones (excluding diaryl/α,β-unsaturated/α-hetero) is 2. The Morgan fingerprint density at radius 1 is 1.17 bits per heavy atom. The van der Waals surface area contributed by atoms with E-state index in [-0.39, 0.29) is 23.0 Å². The molecule has 4 heteroatoms. The van der Waals surface area contributed by atoms with E-state index in [0.29, 0.717) is 17.0 Å². The van der Waals surface area contributed by atoms with Crippen LogP contribution in [0, 0.1) is 0 Å². The highest BCUT2D eigenvalue weighted by Gasteiger charge is 2.15. The molecule has 0 aliphatic carbocycles. The number of carbonyl (C=O) groups excluding carboxylic acids is 2. The van der Waals surface area contributed by atoms with Crippen LogP contribution in [0.2, 0.25) is 10.0 Å². The number of hydrogen-bond donors (Lipinski definition) is 0. The molecule has 2 nitrogen and oxygen atoms in total. The molecule has 0 aliphatic heterocycles. The minimum atomic E-state index is -0.260. The van der Waals surface area contributed by atoms with Gasteiger partial charge in [-0.3, -0.25) is 9.59 Å². The average molecular weight is 287 g/mol. The fourth-order valence-corrected chi connectivity index (χ4v) is 2.06. The van der Waals surface area contributed by atoms with Gasteiger partial charge in [-0.25, -0.2) is 0 Å². The highest BCUT2D eigenvalue weighted by molar-refractivity contribution is 6.44. The molecule has 0 fully saturated rings. The van der Waals surface area contributed by atoms with Crippen LogP contribution >= 0.6 is 23.2 Å².